The summed E-state index contributed by atoms with van der Waals surface area (Å²) in [7, 11) is 0. The number of carboxylic acid groups (broad SMARTS) is 1. The lowest BCUT2D eigenvalue weighted by Gasteiger charge is -2.12. The molecule has 6 nitrogen and oxygen atoms in total. The van der Waals surface area contributed by atoms with Crippen molar-refractivity contribution >= 4 is 23.2 Å². The van der Waals surface area contributed by atoms with E-state index in [4.69, 9.17) is 10.8 Å². The molecule has 0 spiro atoms. The average Bonchev–Trinajstić information content (AvgIpc) is 2.65. The van der Waals surface area contributed by atoms with Gasteiger partial charge in [0.15, 0.2) is 5.69 Å². The maximum absolute atomic E-state index is 11.3. The minimum Gasteiger partial charge on any atom is -0.476 e. The van der Waals surface area contributed by atoms with Crippen molar-refractivity contribution in [3.05, 3.63) is 16.1 Å². The highest BCUT2D eigenvalue weighted by Crippen LogP contribution is 2.17. The highest BCUT2D eigenvalue weighted by atomic mass is 32.1. The molecular weight excluding hydrogens is 230 g/mol. The van der Waals surface area contributed by atoms with E-state index in [1.807, 2.05) is 0 Å². The number of aromatic nitrogens is 1. The number of carbonyl (C=O) groups excluding carboxylic acids is 1. The Morgan fingerprint density at radius 2 is 2.19 bits per heavy atom. The van der Waals surface area contributed by atoms with Crippen molar-refractivity contribution in [3.8, 4) is 0 Å². The zero-order chi connectivity index (χ0) is 12.3. The molecular formula is C9H13N3O3S. The minimum atomic E-state index is -1.08. The molecule has 16 heavy (non-hydrogen) atoms. The second-order valence-electron chi connectivity index (χ2n) is 3.40. The molecule has 7 heteroatoms. The zero-order valence-corrected chi connectivity index (χ0v) is 9.75. The molecule has 0 aliphatic rings. The van der Waals surface area contributed by atoms with Crippen molar-refractivity contribution in [2.45, 2.75) is 25.9 Å². The second-order valence-corrected chi connectivity index (χ2v) is 4.28. The Bertz CT molecular complexity index is 402. The van der Waals surface area contributed by atoms with Crippen LogP contribution in [0.2, 0.25) is 0 Å². The highest BCUT2D eigenvalue weighted by molar-refractivity contribution is 7.09. The van der Waals surface area contributed by atoms with Gasteiger partial charge in [0, 0.05) is 5.38 Å². The Morgan fingerprint density at radius 1 is 1.56 bits per heavy atom. The molecule has 0 bridgehead atoms. The van der Waals surface area contributed by atoms with Crippen LogP contribution in [0.1, 0.15) is 35.4 Å². The molecule has 0 fully saturated rings. The standard InChI is InChI=1S/C9H13N3O3S/c1-4(10)7(13)11-5(2)8-12-6(3-16-8)9(14)15/h3-5H,10H2,1-2H3,(H,11,13)(H,14,15). The van der Waals surface area contributed by atoms with E-state index in [-0.39, 0.29) is 17.6 Å². The van der Waals surface area contributed by atoms with Crippen LogP contribution in [0.4, 0.5) is 0 Å². The highest BCUT2D eigenvalue weighted by Gasteiger charge is 2.17. The molecule has 0 saturated carbocycles. The van der Waals surface area contributed by atoms with Crippen LogP contribution in [0, 0.1) is 0 Å². The number of nitrogens with two attached hydrogens (primary N) is 1. The smallest absolute Gasteiger partial charge is 0.355 e. The van der Waals surface area contributed by atoms with Crippen LogP contribution in [0.25, 0.3) is 0 Å². The first-order valence-electron chi connectivity index (χ1n) is 4.66. The Kier molecular flexibility index (Phi) is 3.97. The maximum atomic E-state index is 11.3. The zero-order valence-electron chi connectivity index (χ0n) is 8.93. The predicted octanol–water partition coefficient (Wildman–Crippen LogP) is 0.366. The lowest BCUT2D eigenvalue weighted by atomic mass is 10.3. The Labute approximate surface area is 96.5 Å². The van der Waals surface area contributed by atoms with Crippen molar-refractivity contribution in [1.82, 2.24) is 10.3 Å². The molecule has 0 aromatic carbocycles. The quantitative estimate of drug-likeness (QED) is 0.708. The summed E-state index contributed by atoms with van der Waals surface area (Å²) in [6.45, 7) is 3.30. The third kappa shape index (κ3) is 3.01. The monoisotopic (exact) mass is 243 g/mol. The number of hydrogen-bond donors (Lipinski definition) is 3. The number of thiazole rings is 1. The maximum Gasteiger partial charge on any atom is 0.355 e. The number of carboxylic acids is 1. The number of carbonyl (C=O) groups is 2. The molecule has 4 N–H and O–H groups in total. The van der Waals surface area contributed by atoms with Gasteiger partial charge in [-0.1, -0.05) is 0 Å². The van der Waals surface area contributed by atoms with Crippen LogP contribution in [-0.2, 0) is 4.79 Å². The van der Waals surface area contributed by atoms with E-state index in [1.165, 1.54) is 16.7 Å². The fraction of sp³-hybridized carbons (Fsp3) is 0.444. The van der Waals surface area contributed by atoms with Gasteiger partial charge in [-0.2, -0.15) is 0 Å². The molecule has 2 unspecified atom stereocenters. The second kappa shape index (κ2) is 5.04. The van der Waals surface area contributed by atoms with Gasteiger partial charge < -0.3 is 16.2 Å². The number of aromatic carboxylic acids is 1. The molecule has 2 atom stereocenters. The van der Waals surface area contributed by atoms with E-state index >= 15 is 0 Å². The lowest BCUT2D eigenvalue weighted by molar-refractivity contribution is -0.122. The van der Waals surface area contributed by atoms with Crippen molar-refractivity contribution in [3.63, 3.8) is 0 Å². The molecule has 0 saturated heterocycles. The predicted molar refractivity (Wildman–Crippen MR) is 59.3 cm³/mol. The Morgan fingerprint density at radius 3 is 2.62 bits per heavy atom. The number of nitrogens with zero attached hydrogens (tertiary/aromatic N) is 1. The van der Waals surface area contributed by atoms with Gasteiger partial charge in [-0.05, 0) is 13.8 Å². The topological polar surface area (TPSA) is 105 Å². The van der Waals surface area contributed by atoms with Crippen LogP contribution < -0.4 is 11.1 Å². The van der Waals surface area contributed by atoms with Crippen molar-refractivity contribution in [2.24, 2.45) is 5.73 Å². The molecule has 1 aromatic rings. The van der Waals surface area contributed by atoms with E-state index in [0.29, 0.717) is 5.01 Å². The Balaban J connectivity index is 2.69. The lowest BCUT2D eigenvalue weighted by Crippen LogP contribution is -2.39. The summed E-state index contributed by atoms with van der Waals surface area (Å²) in [5.74, 6) is -1.37. The van der Waals surface area contributed by atoms with E-state index < -0.39 is 12.0 Å². The minimum absolute atomic E-state index is 0.0121. The molecule has 1 rings (SSSR count). The summed E-state index contributed by atoms with van der Waals surface area (Å²) in [5, 5.41) is 13.3. The number of rotatable bonds is 4. The van der Waals surface area contributed by atoms with Crippen molar-refractivity contribution in [1.29, 1.82) is 0 Å². The molecule has 88 valence electrons. The number of hydrogen-bond acceptors (Lipinski definition) is 5. The largest absolute Gasteiger partial charge is 0.476 e. The van der Waals surface area contributed by atoms with Crippen LogP contribution >= 0.6 is 11.3 Å². The summed E-state index contributed by atoms with van der Waals surface area (Å²) < 4.78 is 0. The van der Waals surface area contributed by atoms with Gasteiger partial charge in [-0.25, -0.2) is 9.78 Å². The number of amides is 1. The van der Waals surface area contributed by atoms with Gasteiger partial charge in [-0.3, -0.25) is 4.79 Å². The van der Waals surface area contributed by atoms with Crippen LogP contribution in [0.3, 0.4) is 0 Å². The van der Waals surface area contributed by atoms with Gasteiger partial charge in [0.2, 0.25) is 5.91 Å². The van der Waals surface area contributed by atoms with Crippen LogP contribution in [0.15, 0.2) is 5.38 Å². The van der Waals surface area contributed by atoms with E-state index in [1.54, 1.807) is 13.8 Å². The van der Waals surface area contributed by atoms with E-state index in [2.05, 4.69) is 10.3 Å². The van der Waals surface area contributed by atoms with Crippen molar-refractivity contribution < 1.29 is 14.7 Å². The van der Waals surface area contributed by atoms with Crippen LogP contribution in [-0.4, -0.2) is 28.0 Å². The van der Waals surface area contributed by atoms with Crippen LogP contribution in [0.5, 0.6) is 0 Å². The Hall–Kier alpha value is -1.47. The number of nitrogens with one attached hydrogen (secondary N) is 1. The van der Waals surface area contributed by atoms with Gasteiger partial charge in [0.1, 0.15) is 5.01 Å². The average molecular weight is 243 g/mol. The van der Waals surface area contributed by atoms with Crippen molar-refractivity contribution in [2.75, 3.05) is 0 Å². The first-order valence-corrected chi connectivity index (χ1v) is 5.54. The molecule has 1 amide bonds. The third-order valence-corrected chi connectivity index (χ3v) is 2.91. The van der Waals surface area contributed by atoms with Gasteiger partial charge >= 0.3 is 5.97 Å². The first kappa shape index (κ1) is 12.6. The summed E-state index contributed by atoms with van der Waals surface area (Å²) in [5.41, 5.74) is 5.38. The van der Waals surface area contributed by atoms with E-state index in [9.17, 15) is 9.59 Å². The van der Waals surface area contributed by atoms with Gasteiger partial charge in [0.05, 0.1) is 12.1 Å². The first-order chi connectivity index (χ1) is 7.41. The van der Waals surface area contributed by atoms with E-state index in [0.717, 1.165) is 0 Å². The fourth-order valence-corrected chi connectivity index (χ4v) is 1.79. The summed E-state index contributed by atoms with van der Waals surface area (Å²) in [6, 6.07) is -0.932. The SMILES string of the molecule is CC(N)C(=O)NC(C)c1nc(C(=O)O)cs1. The molecule has 0 aliphatic carbocycles. The third-order valence-electron chi connectivity index (χ3n) is 1.88. The molecule has 0 radical (unpaired) electrons. The summed E-state index contributed by atoms with van der Waals surface area (Å²) in [6.07, 6.45) is 0. The molecule has 0 aliphatic heterocycles. The van der Waals surface area contributed by atoms with Gasteiger partial charge in [-0.15, -0.1) is 11.3 Å². The molecule has 1 aromatic heterocycles. The summed E-state index contributed by atoms with van der Waals surface area (Å²) in [4.78, 5) is 25.8. The van der Waals surface area contributed by atoms with Gasteiger partial charge in [0.25, 0.3) is 0 Å². The normalized spacial score (nSPS) is 14.2. The fourth-order valence-electron chi connectivity index (χ4n) is 0.991. The summed E-state index contributed by atoms with van der Waals surface area (Å²) >= 11 is 1.19. The molecule has 1 heterocycles.